The van der Waals surface area contributed by atoms with Gasteiger partial charge in [0.25, 0.3) is 0 Å². The minimum Gasteiger partial charge on any atom is -0.279 e. The molecule has 0 atom stereocenters. The van der Waals surface area contributed by atoms with Gasteiger partial charge in [-0.3, -0.25) is 14.0 Å². The summed E-state index contributed by atoms with van der Waals surface area (Å²) in [5.41, 5.74) is 8.47. The standard InChI is InChI=1S/C47H40Br2N6/c1-46(2,3)29-15-21-33(22-16-29)53(34-23-17-30(18-24-34)47(4,5)6)43-50-44(54-39-13-9-7-11-35(39)37-27-31(48)19-25-41(37)54)52-45(51-43)55-40-14-10-8-12-36(40)38-28-32(49)20-26-42(38)55/h7-28H,1-6H3. The number of para-hydroxylation sites is 2. The molecule has 8 heteroatoms. The molecule has 0 saturated heterocycles. The monoisotopic (exact) mass is 846 g/mol. The number of hydrogen-bond acceptors (Lipinski definition) is 4. The van der Waals surface area contributed by atoms with E-state index in [0.29, 0.717) is 17.8 Å². The van der Waals surface area contributed by atoms with E-state index in [1.807, 2.05) is 0 Å². The Labute approximate surface area is 337 Å². The molecule has 9 rings (SSSR count). The lowest BCUT2D eigenvalue weighted by Crippen LogP contribution is -2.19. The number of fused-ring (bicyclic) bond motifs is 6. The summed E-state index contributed by atoms with van der Waals surface area (Å²) in [7, 11) is 0. The van der Waals surface area contributed by atoms with Crippen molar-refractivity contribution in [3.05, 3.63) is 154 Å². The van der Waals surface area contributed by atoms with Crippen LogP contribution in [0.25, 0.3) is 55.5 Å². The highest BCUT2D eigenvalue weighted by Gasteiger charge is 2.25. The summed E-state index contributed by atoms with van der Waals surface area (Å²) in [6.45, 7) is 13.4. The van der Waals surface area contributed by atoms with Crippen molar-refractivity contribution >= 4 is 92.8 Å². The number of hydrogen-bond donors (Lipinski definition) is 0. The molecular weight excluding hydrogens is 808 g/mol. The summed E-state index contributed by atoms with van der Waals surface area (Å²) < 4.78 is 6.36. The molecule has 0 radical (unpaired) electrons. The second-order valence-corrected chi connectivity index (χ2v) is 18.0. The highest BCUT2D eigenvalue weighted by atomic mass is 79.9. The van der Waals surface area contributed by atoms with Crippen LogP contribution in [0.3, 0.4) is 0 Å². The molecule has 0 aliphatic rings. The molecule has 272 valence electrons. The molecule has 0 bridgehead atoms. The highest BCUT2D eigenvalue weighted by Crippen LogP contribution is 2.39. The molecule has 0 N–H and O–H groups in total. The fraction of sp³-hybridized carbons (Fsp3) is 0.170. The molecule has 0 aliphatic carbocycles. The average Bonchev–Trinajstić information content (AvgIpc) is 3.67. The molecule has 0 amide bonds. The van der Waals surface area contributed by atoms with Crippen LogP contribution < -0.4 is 4.90 Å². The van der Waals surface area contributed by atoms with Crippen LogP contribution in [0, 0.1) is 0 Å². The number of halogens is 2. The number of benzene rings is 6. The van der Waals surface area contributed by atoms with Gasteiger partial charge in [0.2, 0.25) is 17.8 Å². The zero-order chi connectivity index (χ0) is 38.2. The quantitative estimate of drug-likeness (QED) is 0.173. The molecule has 6 aromatic carbocycles. The van der Waals surface area contributed by atoms with Crippen molar-refractivity contribution < 1.29 is 0 Å². The zero-order valence-corrected chi connectivity index (χ0v) is 34.8. The minimum absolute atomic E-state index is 0.00226. The molecule has 0 spiro atoms. The first-order chi connectivity index (χ1) is 26.3. The third kappa shape index (κ3) is 6.21. The van der Waals surface area contributed by atoms with Crippen molar-refractivity contribution in [2.75, 3.05) is 4.90 Å². The first kappa shape index (κ1) is 35.4. The maximum Gasteiger partial charge on any atom is 0.241 e. The van der Waals surface area contributed by atoms with Crippen molar-refractivity contribution in [1.82, 2.24) is 24.1 Å². The summed E-state index contributed by atoms with van der Waals surface area (Å²) in [5.74, 6) is 1.57. The molecule has 0 fully saturated rings. The van der Waals surface area contributed by atoms with Crippen molar-refractivity contribution in [1.29, 1.82) is 0 Å². The molecule has 0 unspecified atom stereocenters. The zero-order valence-electron chi connectivity index (χ0n) is 31.6. The maximum absolute atomic E-state index is 5.41. The number of anilines is 3. The van der Waals surface area contributed by atoms with Gasteiger partial charge in [-0.05, 0) is 94.8 Å². The van der Waals surface area contributed by atoms with Crippen molar-refractivity contribution in [3.63, 3.8) is 0 Å². The third-order valence-electron chi connectivity index (χ3n) is 10.5. The lowest BCUT2D eigenvalue weighted by atomic mass is 9.87. The predicted molar refractivity (Wildman–Crippen MR) is 236 cm³/mol. The van der Waals surface area contributed by atoms with Crippen LogP contribution in [0.15, 0.2) is 142 Å². The van der Waals surface area contributed by atoms with Crippen LogP contribution in [-0.4, -0.2) is 24.1 Å². The van der Waals surface area contributed by atoms with Crippen molar-refractivity contribution in [2.45, 2.75) is 52.4 Å². The molecule has 0 aliphatic heterocycles. The average molecular weight is 849 g/mol. The Bertz CT molecular complexity index is 2710. The molecule has 3 aromatic heterocycles. The van der Waals surface area contributed by atoms with E-state index >= 15 is 0 Å². The van der Waals surface area contributed by atoms with Crippen LogP contribution in [0.5, 0.6) is 0 Å². The Morgan fingerprint density at radius 3 is 1.22 bits per heavy atom. The normalized spacial score (nSPS) is 12.4. The Kier molecular flexibility index (Phi) is 8.48. The first-order valence-corrected chi connectivity index (χ1v) is 20.1. The molecule has 9 aromatic rings. The van der Waals surface area contributed by atoms with E-state index in [-0.39, 0.29) is 10.8 Å². The van der Waals surface area contributed by atoms with Crippen LogP contribution in [0.4, 0.5) is 17.3 Å². The van der Waals surface area contributed by atoms with Gasteiger partial charge in [0.15, 0.2) is 0 Å². The van der Waals surface area contributed by atoms with Gasteiger partial charge in [-0.15, -0.1) is 0 Å². The molecule has 6 nitrogen and oxygen atoms in total. The van der Waals surface area contributed by atoms with Crippen LogP contribution in [0.1, 0.15) is 52.7 Å². The van der Waals surface area contributed by atoms with E-state index in [9.17, 15) is 0 Å². The molecule has 55 heavy (non-hydrogen) atoms. The van der Waals surface area contributed by atoms with Crippen molar-refractivity contribution in [3.8, 4) is 11.9 Å². The van der Waals surface area contributed by atoms with Gasteiger partial charge in [0.05, 0.1) is 22.1 Å². The summed E-state index contributed by atoms with van der Waals surface area (Å²) in [6.07, 6.45) is 0. The van der Waals surface area contributed by atoms with E-state index < -0.39 is 0 Å². The van der Waals surface area contributed by atoms with E-state index in [2.05, 4.69) is 221 Å². The SMILES string of the molecule is CC(C)(C)c1ccc(N(c2ccc(C(C)(C)C)cc2)c2nc(-n3c4ccccc4c4cc(Br)ccc43)nc(-n3c4ccccc4c4cc(Br)ccc43)n2)cc1. The Morgan fingerprint density at radius 1 is 0.436 bits per heavy atom. The smallest absolute Gasteiger partial charge is 0.241 e. The number of nitrogens with zero attached hydrogens (tertiary/aromatic N) is 6. The van der Waals surface area contributed by atoms with E-state index in [1.165, 1.54) is 11.1 Å². The van der Waals surface area contributed by atoms with Crippen LogP contribution in [0.2, 0.25) is 0 Å². The van der Waals surface area contributed by atoms with Gasteiger partial charge >= 0.3 is 0 Å². The van der Waals surface area contributed by atoms with E-state index in [4.69, 9.17) is 15.0 Å². The topological polar surface area (TPSA) is 51.8 Å². The lowest BCUT2D eigenvalue weighted by Gasteiger charge is -2.27. The highest BCUT2D eigenvalue weighted by molar-refractivity contribution is 9.10. The summed E-state index contributed by atoms with van der Waals surface area (Å²) in [6, 6.07) is 47.2. The van der Waals surface area contributed by atoms with Gasteiger partial charge in [0.1, 0.15) is 0 Å². The second-order valence-electron chi connectivity index (χ2n) is 16.2. The summed E-state index contributed by atoms with van der Waals surface area (Å²) in [5, 5.41) is 4.47. The second kappa shape index (κ2) is 13.2. The Balaban J connectivity index is 1.38. The largest absolute Gasteiger partial charge is 0.279 e. The first-order valence-electron chi connectivity index (χ1n) is 18.5. The lowest BCUT2D eigenvalue weighted by molar-refractivity contribution is 0.590. The van der Waals surface area contributed by atoms with Gasteiger partial charge in [0, 0.05) is 41.9 Å². The molecular formula is C47H40Br2N6. The van der Waals surface area contributed by atoms with Gasteiger partial charge in [-0.2, -0.15) is 15.0 Å². The number of aromatic nitrogens is 5. The Morgan fingerprint density at radius 2 is 0.818 bits per heavy atom. The predicted octanol–water partition coefficient (Wildman–Crippen LogP) is 13.7. The van der Waals surface area contributed by atoms with Gasteiger partial charge in [-0.25, -0.2) is 0 Å². The fourth-order valence-electron chi connectivity index (χ4n) is 7.57. The van der Waals surface area contributed by atoms with E-state index in [0.717, 1.165) is 63.9 Å². The number of rotatable bonds is 5. The minimum atomic E-state index is 0.00226. The molecule has 0 saturated carbocycles. The summed E-state index contributed by atoms with van der Waals surface area (Å²) in [4.78, 5) is 18.4. The van der Waals surface area contributed by atoms with Crippen LogP contribution in [-0.2, 0) is 10.8 Å². The van der Waals surface area contributed by atoms with E-state index in [1.54, 1.807) is 0 Å². The van der Waals surface area contributed by atoms with Crippen LogP contribution >= 0.6 is 31.9 Å². The third-order valence-corrected chi connectivity index (χ3v) is 11.4. The molecule has 3 heterocycles. The van der Waals surface area contributed by atoms with Gasteiger partial charge < -0.3 is 0 Å². The summed E-state index contributed by atoms with van der Waals surface area (Å²) >= 11 is 7.45. The fourth-order valence-corrected chi connectivity index (χ4v) is 8.29. The van der Waals surface area contributed by atoms with Crippen molar-refractivity contribution in [2.24, 2.45) is 0 Å². The Hall–Kier alpha value is -5.31. The van der Waals surface area contributed by atoms with Gasteiger partial charge in [-0.1, -0.05) is 134 Å². The maximum atomic E-state index is 5.41.